The van der Waals surface area contributed by atoms with Crippen molar-refractivity contribution in [2.24, 2.45) is 0 Å². The van der Waals surface area contributed by atoms with Crippen molar-refractivity contribution >= 4 is 5.69 Å². The van der Waals surface area contributed by atoms with Gasteiger partial charge in [0, 0.05) is 0 Å². The van der Waals surface area contributed by atoms with Gasteiger partial charge in [0.1, 0.15) is 17.6 Å². The summed E-state index contributed by atoms with van der Waals surface area (Å²) in [6.45, 7) is 7.64. The average Bonchev–Trinajstić information content (AvgIpc) is 2.74. The largest absolute Gasteiger partial charge is 0.491 e. The summed E-state index contributed by atoms with van der Waals surface area (Å²) in [5.41, 5.74) is 4.72. The Balaban J connectivity index is 1.48. The smallest absolute Gasteiger partial charge is 0.142 e. The molecule has 3 rings (SSSR count). The number of benzene rings is 3. The third kappa shape index (κ3) is 6.56. The second-order valence-corrected chi connectivity index (χ2v) is 7.51. The summed E-state index contributed by atoms with van der Waals surface area (Å²) in [7, 11) is 0. The molecule has 1 N–H and O–H groups in total. The Bertz CT molecular complexity index is 892. The van der Waals surface area contributed by atoms with Gasteiger partial charge in [-0.1, -0.05) is 54.6 Å². The van der Waals surface area contributed by atoms with Gasteiger partial charge in [0.2, 0.25) is 0 Å². The lowest BCUT2D eigenvalue weighted by atomic mass is 10.1. The number of ether oxygens (including phenoxy) is 2. The maximum Gasteiger partial charge on any atom is 0.142 e. The zero-order valence-electron chi connectivity index (χ0n) is 17.7. The molecule has 0 saturated carbocycles. The number of hydrogen-bond donors (Lipinski definition) is 1. The molecule has 0 aromatic heterocycles. The molecule has 0 bridgehead atoms. The lowest BCUT2D eigenvalue weighted by Gasteiger charge is -2.19. The highest BCUT2D eigenvalue weighted by Gasteiger charge is 2.09. The summed E-state index contributed by atoms with van der Waals surface area (Å²) >= 11 is 0. The van der Waals surface area contributed by atoms with Crippen LogP contribution in [0.2, 0.25) is 0 Å². The summed E-state index contributed by atoms with van der Waals surface area (Å²) in [6.07, 6.45) is 2.06. The Morgan fingerprint density at radius 1 is 0.862 bits per heavy atom. The first-order valence-electron chi connectivity index (χ1n) is 10.4. The van der Waals surface area contributed by atoms with Gasteiger partial charge in [-0.3, -0.25) is 0 Å². The fourth-order valence-corrected chi connectivity index (χ4v) is 3.19. The van der Waals surface area contributed by atoms with Crippen molar-refractivity contribution < 1.29 is 9.47 Å². The maximum atomic E-state index is 6.13. The van der Waals surface area contributed by atoms with Gasteiger partial charge in [0.05, 0.1) is 18.8 Å². The highest BCUT2D eigenvalue weighted by molar-refractivity contribution is 5.56. The molecule has 0 spiro atoms. The Labute approximate surface area is 174 Å². The normalized spacial score (nSPS) is 11.7. The first-order chi connectivity index (χ1) is 14.1. The van der Waals surface area contributed by atoms with Crippen molar-refractivity contribution in [3.05, 3.63) is 89.5 Å². The third-order valence-corrected chi connectivity index (χ3v) is 4.85. The molecule has 0 saturated heterocycles. The maximum absolute atomic E-state index is 6.13. The topological polar surface area (TPSA) is 30.5 Å². The van der Waals surface area contributed by atoms with E-state index in [0.29, 0.717) is 13.2 Å². The first-order valence-corrected chi connectivity index (χ1v) is 10.4. The molecule has 1 atom stereocenters. The summed E-state index contributed by atoms with van der Waals surface area (Å²) in [5, 5.41) is 3.48. The first kappa shape index (κ1) is 20.8. The van der Waals surface area contributed by atoms with Gasteiger partial charge in [0.15, 0.2) is 0 Å². The summed E-state index contributed by atoms with van der Waals surface area (Å²) in [6, 6.07) is 24.9. The standard InChI is InChI=1S/C26H31NO2/c1-20-15-16-21(2)26(18-20)29-22(3)19-27-24-13-7-8-14-25(24)28-17-9-12-23-10-5-4-6-11-23/h4-8,10-11,13-16,18,22,27H,9,12,17,19H2,1-3H3. The molecule has 0 aliphatic carbocycles. The van der Waals surface area contributed by atoms with Crippen LogP contribution in [-0.4, -0.2) is 19.3 Å². The van der Waals surface area contributed by atoms with Crippen molar-refractivity contribution in [2.75, 3.05) is 18.5 Å². The van der Waals surface area contributed by atoms with Crippen LogP contribution >= 0.6 is 0 Å². The van der Waals surface area contributed by atoms with Crippen molar-refractivity contribution in [1.29, 1.82) is 0 Å². The molecule has 1 unspecified atom stereocenters. The molecule has 0 radical (unpaired) electrons. The van der Waals surface area contributed by atoms with Crippen molar-refractivity contribution in [3.8, 4) is 11.5 Å². The van der Waals surface area contributed by atoms with Gasteiger partial charge >= 0.3 is 0 Å². The van der Waals surface area contributed by atoms with Crippen LogP contribution in [0.3, 0.4) is 0 Å². The lowest BCUT2D eigenvalue weighted by molar-refractivity contribution is 0.233. The molecule has 0 aliphatic heterocycles. The number of anilines is 1. The van der Waals surface area contributed by atoms with E-state index < -0.39 is 0 Å². The zero-order valence-corrected chi connectivity index (χ0v) is 17.7. The third-order valence-electron chi connectivity index (χ3n) is 4.85. The molecule has 3 aromatic rings. The van der Waals surface area contributed by atoms with Gasteiger partial charge in [-0.25, -0.2) is 0 Å². The van der Waals surface area contributed by atoms with Gasteiger partial charge in [-0.15, -0.1) is 0 Å². The predicted molar refractivity (Wildman–Crippen MR) is 121 cm³/mol. The summed E-state index contributed by atoms with van der Waals surface area (Å²) in [4.78, 5) is 0. The molecule has 152 valence electrons. The van der Waals surface area contributed by atoms with Gasteiger partial charge < -0.3 is 14.8 Å². The highest BCUT2D eigenvalue weighted by atomic mass is 16.5. The van der Waals surface area contributed by atoms with E-state index in [1.54, 1.807) is 0 Å². The van der Waals surface area contributed by atoms with E-state index in [2.05, 4.69) is 74.6 Å². The van der Waals surface area contributed by atoms with Crippen molar-refractivity contribution in [2.45, 2.75) is 39.7 Å². The number of aryl methyl sites for hydroxylation is 3. The van der Waals surface area contributed by atoms with Crippen LogP contribution in [0.4, 0.5) is 5.69 Å². The van der Waals surface area contributed by atoms with Crippen LogP contribution in [0.1, 0.15) is 30.0 Å². The molecule has 3 aromatic carbocycles. The van der Waals surface area contributed by atoms with E-state index in [-0.39, 0.29) is 6.10 Å². The van der Waals surface area contributed by atoms with E-state index in [0.717, 1.165) is 35.6 Å². The van der Waals surface area contributed by atoms with Crippen LogP contribution in [0.15, 0.2) is 72.8 Å². The monoisotopic (exact) mass is 389 g/mol. The Kier molecular flexibility index (Phi) is 7.57. The highest BCUT2D eigenvalue weighted by Crippen LogP contribution is 2.25. The molecule has 3 heteroatoms. The number of hydrogen-bond acceptors (Lipinski definition) is 3. The predicted octanol–water partition coefficient (Wildman–Crippen LogP) is 6.19. The Morgan fingerprint density at radius 2 is 1.62 bits per heavy atom. The molecule has 0 heterocycles. The van der Waals surface area contributed by atoms with Crippen molar-refractivity contribution in [3.63, 3.8) is 0 Å². The van der Waals surface area contributed by atoms with Crippen LogP contribution in [0.5, 0.6) is 11.5 Å². The van der Waals surface area contributed by atoms with Crippen molar-refractivity contribution in [1.82, 2.24) is 0 Å². The average molecular weight is 390 g/mol. The number of nitrogens with one attached hydrogen (secondary N) is 1. The summed E-state index contributed by atoms with van der Waals surface area (Å²) < 4.78 is 12.2. The number of para-hydroxylation sites is 2. The fourth-order valence-electron chi connectivity index (χ4n) is 3.19. The van der Waals surface area contributed by atoms with Crippen LogP contribution in [0.25, 0.3) is 0 Å². The molecular formula is C26H31NO2. The molecular weight excluding hydrogens is 358 g/mol. The SMILES string of the molecule is Cc1ccc(C)c(OC(C)CNc2ccccc2OCCCc2ccccc2)c1. The minimum absolute atomic E-state index is 0.0432. The minimum atomic E-state index is 0.0432. The molecule has 29 heavy (non-hydrogen) atoms. The van der Waals surface area contributed by atoms with E-state index in [9.17, 15) is 0 Å². The molecule has 0 amide bonds. The zero-order chi connectivity index (χ0) is 20.5. The van der Waals surface area contributed by atoms with Gasteiger partial charge in [-0.2, -0.15) is 0 Å². The Morgan fingerprint density at radius 3 is 2.45 bits per heavy atom. The van der Waals surface area contributed by atoms with Gasteiger partial charge in [-0.05, 0) is 68.5 Å². The van der Waals surface area contributed by atoms with Crippen LogP contribution in [0, 0.1) is 13.8 Å². The molecule has 0 aliphatic rings. The molecule has 3 nitrogen and oxygen atoms in total. The quantitative estimate of drug-likeness (QED) is 0.419. The fraction of sp³-hybridized carbons (Fsp3) is 0.308. The van der Waals surface area contributed by atoms with E-state index in [4.69, 9.17) is 9.47 Å². The molecule has 0 fully saturated rings. The number of rotatable bonds is 10. The van der Waals surface area contributed by atoms with Crippen LogP contribution < -0.4 is 14.8 Å². The van der Waals surface area contributed by atoms with E-state index >= 15 is 0 Å². The minimum Gasteiger partial charge on any atom is -0.491 e. The lowest BCUT2D eigenvalue weighted by Crippen LogP contribution is -2.23. The second kappa shape index (κ2) is 10.6. The van der Waals surface area contributed by atoms with E-state index in [1.165, 1.54) is 11.1 Å². The Hall–Kier alpha value is -2.94. The van der Waals surface area contributed by atoms with Gasteiger partial charge in [0.25, 0.3) is 0 Å². The summed E-state index contributed by atoms with van der Waals surface area (Å²) in [5.74, 6) is 1.84. The second-order valence-electron chi connectivity index (χ2n) is 7.51. The van der Waals surface area contributed by atoms with E-state index in [1.807, 2.05) is 24.3 Å². The van der Waals surface area contributed by atoms with Crippen LogP contribution in [-0.2, 0) is 6.42 Å².